The van der Waals surface area contributed by atoms with Crippen LogP contribution in [0.2, 0.25) is 0 Å². The monoisotopic (exact) mass is 270 g/mol. The zero-order valence-electron chi connectivity index (χ0n) is 11.9. The molecule has 0 radical (unpaired) electrons. The minimum atomic E-state index is -0.492. The van der Waals surface area contributed by atoms with Crippen molar-refractivity contribution in [3.63, 3.8) is 0 Å². The second-order valence-electron chi connectivity index (χ2n) is 5.45. The fourth-order valence-corrected chi connectivity index (χ4v) is 2.71. The fourth-order valence-electron chi connectivity index (χ4n) is 2.71. The SMILES string of the molecule is N#CC(CCc1ccccc1)C(=O)N1CCCCCC1. The van der Waals surface area contributed by atoms with Gasteiger partial charge in [-0.15, -0.1) is 0 Å². The highest BCUT2D eigenvalue weighted by Crippen LogP contribution is 2.16. The predicted molar refractivity (Wildman–Crippen MR) is 78.9 cm³/mol. The largest absolute Gasteiger partial charge is 0.342 e. The normalized spacial score (nSPS) is 17.1. The molecule has 3 heteroatoms. The maximum absolute atomic E-state index is 12.4. The van der Waals surface area contributed by atoms with E-state index in [-0.39, 0.29) is 5.91 Å². The van der Waals surface area contributed by atoms with Crippen LogP contribution >= 0.6 is 0 Å². The first kappa shape index (κ1) is 14.6. The molecule has 1 aromatic rings. The predicted octanol–water partition coefficient (Wildman–Crippen LogP) is 3.16. The number of likely N-dealkylation sites (tertiary alicyclic amines) is 1. The lowest BCUT2D eigenvalue weighted by molar-refractivity contribution is -0.133. The Kier molecular flexibility index (Phi) is 5.61. The number of aryl methyl sites for hydroxylation is 1. The highest BCUT2D eigenvalue weighted by atomic mass is 16.2. The molecule has 1 aliphatic rings. The maximum atomic E-state index is 12.4. The lowest BCUT2D eigenvalue weighted by atomic mass is 9.99. The van der Waals surface area contributed by atoms with Gasteiger partial charge in [-0.3, -0.25) is 4.79 Å². The maximum Gasteiger partial charge on any atom is 0.239 e. The highest BCUT2D eigenvalue weighted by molar-refractivity contribution is 5.81. The minimum Gasteiger partial charge on any atom is -0.342 e. The third kappa shape index (κ3) is 4.09. The van der Waals surface area contributed by atoms with Crippen molar-refractivity contribution in [3.8, 4) is 6.07 Å². The van der Waals surface area contributed by atoms with Crippen LogP contribution in [0.4, 0.5) is 0 Å². The standard InChI is InChI=1S/C17H22N2O/c18-14-16(11-10-15-8-4-3-5-9-15)17(20)19-12-6-1-2-7-13-19/h3-5,8-9,16H,1-2,6-7,10-13H2. The van der Waals surface area contributed by atoms with Gasteiger partial charge in [-0.25, -0.2) is 0 Å². The number of rotatable bonds is 4. The average Bonchev–Trinajstić information content (AvgIpc) is 2.78. The first-order valence-corrected chi connectivity index (χ1v) is 7.53. The summed E-state index contributed by atoms with van der Waals surface area (Å²) in [6.07, 6.45) is 5.95. The summed E-state index contributed by atoms with van der Waals surface area (Å²) in [5.74, 6) is -0.460. The summed E-state index contributed by atoms with van der Waals surface area (Å²) < 4.78 is 0. The minimum absolute atomic E-state index is 0.0327. The summed E-state index contributed by atoms with van der Waals surface area (Å²) in [5, 5.41) is 9.28. The zero-order valence-corrected chi connectivity index (χ0v) is 11.9. The molecule has 2 rings (SSSR count). The lowest BCUT2D eigenvalue weighted by Gasteiger charge is -2.22. The van der Waals surface area contributed by atoms with Crippen LogP contribution in [0, 0.1) is 17.2 Å². The van der Waals surface area contributed by atoms with Crippen molar-refractivity contribution in [1.29, 1.82) is 5.26 Å². The average molecular weight is 270 g/mol. The summed E-state index contributed by atoms with van der Waals surface area (Å²) >= 11 is 0. The Morgan fingerprint density at radius 3 is 2.40 bits per heavy atom. The van der Waals surface area contributed by atoms with Gasteiger partial charge in [0.05, 0.1) is 6.07 Å². The van der Waals surface area contributed by atoms with Crippen LogP contribution in [0.5, 0.6) is 0 Å². The zero-order chi connectivity index (χ0) is 14.2. The van der Waals surface area contributed by atoms with E-state index in [0.717, 1.165) is 32.4 Å². The molecule has 1 atom stereocenters. The topological polar surface area (TPSA) is 44.1 Å². The molecule has 0 spiro atoms. The van der Waals surface area contributed by atoms with Gasteiger partial charge in [0.15, 0.2) is 0 Å². The number of hydrogen-bond acceptors (Lipinski definition) is 2. The van der Waals surface area contributed by atoms with E-state index in [1.807, 2.05) is 35.2 Å². The van der Waals surface area contributed by atoms with Gasteiger partial charge in [-0.05, 0) is 31.2 Å². The number of hydrogen-bond donors (Lipinski definition) is 0. The Balaban J connectivity index is 1.90. The van der Waals surface area contributed by atoms with Gasteiger partial charge in [0.25, 0.3) is 0 Å². The number of benzene rings is 1. The molecule has 1 fully saturated rings. The quantitative estimate of drug-likeness (QED) is 0.843. The molecular formula is C17H22N2O. The molecule has 1 saturated heterocycles. The van der Waals surface area contributed by atoms with E-state index in [9.17, 15) is 10.1 Å². The van der Waals surface area contributed by atoms with Crippen LogP contribution < -0.4 is 0 Å². The smallest absolute Gasteiger partial charge is 0.239 e. The Bertz CT molecular complexity index is 456. The molecule has 0 saturated carbocycles. The van der Waals surface area contributed by atoms with Gasteiger partial charge in [0, 0.05) is 13.1 Å². The summed E-state index contributed by atoms with van der Waals surface area (Å²) in [6.45, 7) is 1.64. The van der Waals surface area contributed by atoms with E-state index in [2.05, 4.69) is 6.07 Å². The van der Waals surface area contributed by atoms with E-state index >= 15 is 0 Å². The van der Waals surface area contributed by atoms with Crippen molar-refractivity contribution in [2.45, 2.75) is 38.5 Å². The first-order valence-electron chi connectivity index (χ1n) is 7.53. The second kappa shape index (κ2) is 7.69. The number of nitriles is 1. The van der Waals surface area contributed by atoms with Gasteiger partial charge >= 0.3 is 0 Å². The van der Waals surface area contributed by atoms with Crippen LogP contribution in [0.3, 0.4) is 0 Å². The third-order valence-electron chi connectivity index (χ3n) is 3.94. The summed E-state index contributed by atoms with van der Waals surface area (Å²) in [7, 11) is 0. The molecule has 0 N–H and O–H groups in total. The van der Waals surface area contributed by atoms with Crippen molar-refractivity contribution in [1.82, 2.24) is 4.90 Å². The molecule has 1 amide bonds. The summed E-state index contributed by atoms with van der Waals surface area (Å²) in [5.41, 5.74) is 1.19. The van der Waals surface area contributed by atoms with Crippen LogP contribution in [0.15, 0.2) is 30.3 Å². The van der Waals surface area contributed by atoms with Crippen LogP contribution in [-0.4, -0.2) is 23.9 Å². The van der Waals surface area contributed by atoms with Crippen molar-refractivity contribution >= 4 is 5.91 Å². The van der Waals surface area contributed by atoms with Crippen molar-refractivity contribution in [2.75, 3.05) is 13.1 Å². The van der Waals surface area contributed by atoms with Crippen LogP contribution in [0.1, 0.15) is 37.7 Å². The number of nitrogens with zero attached hydrogens (tertiary/aromatic N) is 2. The molecule has 3 nitrogen and oxygen atoms in total. The lowest BCUT2D eigenvalue weighted by Crippen LogP contribution is -2.36. The second-order valence-corrected chi connectivity index (χ2v) is 5.45. The van der Waals surface area contributed by atoms with E-state index in [1.54, 1.807) is 0 Å². The fraction of sp³-hybridized carbons (Fsp3) is 0.529. The molecule has 20 heavy (non-hydrogen) atoms. The Morgan fingerprint density at radius 1 is 1.15 bits per heavy atom. The number of carbonyl (C=O) groups excluding carboxylic acids is 1. The van der Waals surface area contributed by atoms with Crippen molar-refractivity contribution < 1.29 is 4.79 Å². The van der Waals surface area contributed by atoms with Crippen molar-refractivity contribution in [3.05, 3.63) is 35.9 Å². The van der Waals surface area contributed by atoms with E-state index in [1.165, 1.54) is 18.4 Å². The summed E-state index contributed by atoms with van der Waals surface area (Å²) in [4.78, 5) is 14.3. The summed E-state index contributed by atoms with van der Waals surface area (Å²) in [6, 6.07) is 12.3. The van der Waals surface area contributed by atoms with E-state index < -0.39 is 5.92 Å². The molecule has 0 aliphatic carbocycles. The van der Waals surface area contributed by atoms with Crippen molar-refractivity contribution in [2.24, 2.45) is 5.92 Å². The van der Waals surface area contributed by atoms with Gasteiger partial charge in [0.1, 0.15) is 5.92 Å². The Hall–Kier alpha value is -1.82. The van der Waals surface area contributed by atoms with E-state index in [0.29, 0.717) is 6.42 Å². The van der Waals surface area contributed by atoms with Crippen LogP contribution in [-0.2, 0) is 11.2 Å². The van der Waals surface area contributed by atoms with Gasteiger partial charge in [0.2, 0.25) is 5.91 Å². The molecule has 1 aliphatic heterocycles. The first-order chi connectivity index (χ1) is 9.81. The van der Waals surface area contributed by atoms with E-state index in [4.69, 9.17) is 0 Å². The number of carbonyl (C=O) groups is 1. The highest BCUT2D eigenvalue weighted by Gasteiger charge is 2.24. The molecule has 0 aromatic heterocycles. The molecule has 0 bridgehead atoms. The Morgan fingerprint density at radius 2 is 1.80 bits per heavy atom. The van der Waals surface area contributed by atoms with Gasteiger partial charge < -0.3 is 4.90 Å². The van der Waals surface area contributed by atoms with Gasteiger partial charge in [-0.2, -0.15) is 5.26 Å². The molecule has 106 valence electrons. The van der Waals surface area contributed by atoms with Gasteiger partial charge in [-0.1, -0.05) is 43.2 Å². The molecule has 1 heterocycles. The molecule has 1 unspecified atom stereocenters. The Labute approximate surface area is 121 Å². The molecule has 1 aromatic carbocycles. The molecular weight excluding hydrogens is 248 g/mol. The third-order valence-corrected chi connectivity index (χ3v) is 3.94. The van der Waals surface area contributed by atoms with Crippen LogP contribution in [0.25, 0.3) is 0 Å². The number of amides is 1.